The van der Waals surface area contributed by atoms with Crippen molar-refractivity contribution in [2.75, 3.05) is 40.0 Å². The minimum atomic E-state index is -0.301. The third-order valence-corrected chi connectivity index (χ3v) is 5.89. The second kappa shape index (κ2) is 11.7. The van der Waals surface area contributed by atoms with Gasteiger partial charge in [-0.2, -0.15) is 0 Å². The molecule has 9 heteroatoms. The van der Waals surface area contributed by atoms with Crippen LogP contribution < -0.4 is 15.0 Å². The number of aromatic nitrogens is 2. The summed E-state index contributed by atoms with van der Waals surface area (Å²) in [5, 5.41) is 0.460. The van der Waals surface area contributed by atoms with E-state index >= 15 is 0 Å². The summed E-state index contributed by atoms with van der Waals surface area (Å²) in [6.45, 7) is 4.42. The number of hydrogen-bond donors (Lipinski definition) is 0. The lowest BCUT2D eigenvalue weighted by Crippen LogP contribution is -2.42. The van der Waals surface area contributed by atoms with Gasteiger partial charge >= 0.3 is 6.09 Å². The van der Waals surface area contributed by atoms with Crippen LogP contribution in [0.4, 0.5) is 4.79 Å². The standard InChI is InChI=1S/C26H31N3O6/c1-3-33-26(31)28-11-9-20(10-12-28)35-24-15-21-22(16-23(24)34-14-13-32-2)27-18-29(25(21)30)17-19-7-5-4-6-8-19/h4-8,15-16,18,20H,3,9-14,17H2,1-2H3. The molecule has 4 rings (SSSR count). The third-order valence-electron chi connectivity index (χ3n) is 5.89. The first-order chi connectivity index (χ1) is 17.1. The van der Waals surface area contributed by atoms with Crippen LogP contribution in [0.25, 0.3) is 10.9 Å². The fourth-order valence-electron chi connectivity index (χ4n) is 4.05. The number of hydrogen-bond acceptors (Lipinski definition) is 7. The zero-order valence-corrected chi connectivity index (χ0v) is 20.1. The lowest BCUT2D eigenvalue weighted by Gasteiger charge is -2.31. The van der Waals surface area contributed by atoms with Gasteiger partial charge in [-0.05, 0) is 18.6 Å². The summed E-state index contributed by atoms with van der Waals surface area (Å²) < 4.78 is 24.0. The minimum absolute atomic E-state index is 0.119. The maximum atomic E-state index is 13.3. The van der Waals surface area contributed by atoms with E-state index in [4.69, 9.17) is 18.9 Å². The van der Waals surface area contributed by atoms with Crippen LogP contribution in [0, 0.1) is 0 Å². The number of carbonyl (C=O) groups excluding carboxylic acids is 1. The number of nitrogens with zero attached hydrogens (tertiary/aromatic N) is 3. The molecule has 2 heterocycles. The van der Waals surface area contributed by atoms with Crippen molar-refractivity contribution in [1.82, 2.24) is 14.5 Å². The number of carbonyl (C=O) groups is 1. The third kappa shape index (κ3) is 6.10. The Morgan fingerprint density at radius 1 is 1.09 bits per heavy atom. The van der Waals surface area contributed by atoms with Crippen LogP contribution in [0.1, 0.15) is 25.3 Å². The molecule has 0 aliphatic carbocycles. The summed E-state index contributed by atoms with van der Waals surface area (Å²) >= 11 is 0. The summed E-state index contributed by atoms with van der Waals surface area (Å²) in [6, 6.07) is 13.2. The van der Waals surface area contributed by atoms with Crippen LogP contribution in [0.15, 0.2) is 53.6 Å². The smallest absolute Gasteiger partial charge is 0.409 e. The number of ether oxygens (including phenoxy) is 4. The Hall–Kier alpha value is -3.59. The van der Waals surface area contributed by atoms with Crippen molar-refractivity contribution in [2.45, 2.75) is 32.4 Å². The van der Waals surface area contributed by atoms with Crippen molar-refractivity contribution in [3.05, 3.63) is 64.7 Å². The van der Waals surface area contributed by atoms with Crippen LogP contribution in [0.5, 0.6) is 11.5 Å². The highest BCUT2D eigenvalue weighted by Crippen LogP contribution is 2.33. The highest BCUT2D eigenvalue weighted by atomic mass is 16.6. The Labute approximate surface area is 204 Å². The number of benzene rings is 2. The lowest BCUT2D eigenvalue weighted by atomic mass is 10.1. The molecule has 0 radical (unpaired) electrons. The quantitative estimate of drug-likeness (QED) is 0.432. The van der Waals surface area contributed by atoms with Crippen LogP contribution in [-0.2, 0) is 16.0 Å². The van der Waals surface area contributed by atoms with Crippen LogP contribution >= 0.6 is 0 Å². The van der Waals surface area contributed by atoms with Gasteiger partial charge in [-0.15, -0.1) is 0 Å². The van der Waals surface area contributed by atoms with Gasteiger partial charge in [-0.3, -0.25) is 9.36 Å². The van der Waals surface area contributed by atoms with E-state index in [-0.39, 0.29) is 17.8 Å². The van der Waals surface area contributed by atoms with E-state index in [0.717, 1.165) is 5.56 Å². The fourth-order valence-corrected chi connectivity index (χ4v) is 4.05. The predicted octanol–water partition coefficient (Wildman–Crippen LogP) is 3.47. The van der Waals surface area contributed by atoms with Gasteiger partial charge in [-0.25, -0.2) is 9.78 Å². The van der Waals surface area contributed by atoms with Gasteiger partial charge < -0.3 is 23.8 Å². The zero-order valence-electron chi connectivity index (χ0n) is 20.1. The minimum Gasteiger partial charge on any atom is -0.487 e. The summed E-state index contributed by atoms with van der Waals surface area (Å²) in [5.41, 5.74) is 1.40. The number of piperidine rings is 1. The van der Waals surface area contributed by atoms with E-state index in [1.165, 1.54) is 0 Å². The zero-order chi connectivity index (χ0) is 24.6. The maximum absolute atomic E-state index is 13.3. The highest BCUT2D eigenvalue weighted by Gasteiger charge is 2.26. The Morgan fingerprint density at radius 3 is 2.57 bits per heavy atom. The molecular formula is C26H31N3O6. The number of likely N-dealkylation sites (tertiary alicyclic amines) is 1. The largest absolute Gasteiger partial charge is 0.487 e. The lowest BCUT2D eigenvalue weighted by molar-refractivity contribution is 0.0685. The van der Waals surface area contributed by atoms with E-state index in [2.05, 4.69) is 4.98 Å². The van der Waals surface area contributed by atoms with Crippen molar-refractivity contribution < 1.29 is 23.7 Å². The number of amides is 1. The van der Waals surface area contributed by atoms with Crippen LogP contribution in [0.2, 0.25) is 0 Å². The van der Waals surface area contributed by atoms with Gasteiger partial charge in [0, 0.05) is 39.1 Å². The van der Waals surface area contributed by atoms with Gasteiger partial charge in [0.25, 0.3) is 5.56 Å². The van der Waals surface area contributed by atoms with E-state index in [9.17, 15) is 9.59 Å². The fraction of sp³-hybridized carbons (Fsp3) is 0.423. The van der Waals surface area contributed by atoms with Gasteiger partial charge in [0.05, 0.1) is 37.0 Å². The van der Waals surface area contributed by atoms with E-state index in [1.54, 1.807) is 42.0 Å². The molecule has 1 fully saturated rings. The Morgan fingerprint density at radius 2 is 1.86 bits per heavy atom. The number of methoxy groups -OCH3 is 1. The van der Waals surface area contributed by atoms with Crippen LogP contribution in [-0.4, -0.2) is 66.7 Å². The topological polar surface area (TPSA) is 92.1 Å². The van der Waals surface area contributed by atoms with E-state index in [0.29, 0.717) is 74.7 Å². The monoisotopic (exact) mass is 481 g/mol. The van der Waals surface area contributed by atoms with Gasteiger partial charge in [-0.1, -0.05) is 30.3 Å². The van der Waals surface area contributed by atoms with Crippen molar-refractivity contribution >= 4 is 17.0 Å². The first-order valence-corrected chi connectivity index (χ1v) is 11.9. The molecule has 1 aliphatic rings. The molecule has 186 valence electrons. The van der Waals surface area contributed by atoms with E-state index < -0.39 is 0 Å². The first-order valence-electron chi connectivity index (χ1n) is 11.9. The molecule has 9 nitrogen and oxygen atoms in total. The first kappa shape index (κ1) is 24.5. The second-order valence-electron chi connectivity index (χ2n) is 8.32. The Bertz CT molecular complexity index is 1190. The summed E-state index contributed by atoms with van der Waals surface area (Å²) in [7, 11) is 1.61. The molecule has 1 amide bonds. The average Bonchev–Trinajstić information content (AvgIpc) is 2.88. The Kier molecular flexibility index (Phi) is 8.20. The molecule has 35 heavy (non-hydrogen) atoms. The second-order valence-corrected chi connectivity index (χ2v) is 8.32. The molecular weight excluding hydrogens is 450 g/mol. The highest BCUT2D eigenvalue weighted by molar-refractivity contribution is 5.81. The molecule has 1 saturated heterocycles. The molecule has 0 saturated carbocycles. The molecule has 1 aliphatic heterocycles. The molecule has 0 bridgehead atoms. The van der Waals surface area contributed by atoms with Gasteiger partial charge in [0.15, 0.2) is 11.5 Å². The molecule has 0 N–H and O–H groups in total. The average molecular weight is 482 g/mol. The van der Waals surface area contributed by atoms with E-state index in [1.807, 2.05) is 30.3 Å². The molecule has 2 aromatic carbocycles. The molecule has 0 spiro atoms. The maximum Gasteiger partial charge on any atom is 0.409 e. The van der Waals surface area contributed by atoms with Crippen LogP contribution in [0.3, 0.4) is 0 Å². The summed E-state index contributed by atoms with van der Waals surface area (Å²) in [5.74, 6) is 0.995. The van der Waals surface area contributed by atoms with Crippen molar-refractivity contribution in [3.8, 4) is 11.5 Å². The number of rotatable bonds is 9. The normalized spacial score (nSPS) is 14.2. The summed E-state index contributed by atoms with van der Waals surface area (Å²) in [6.07, 6.45) is 2.44. The van der Waals surface area contributed by atoms with Crippen molar-refractivity contribution in [2.24, 2.45) is 0 Å². The van der Waals surface area contributed by atoms with Gasteiger partial charge in [0.2, 0.25) is 0 Å². The SMILES string of the molecule is CCOC(=O)N1CCC(Oc2cc3c(=O)n(Cc4ccccc4)cnc3cc2OCCOC)CC1. The predicted molar refractivity (Wildman–Crippen MR) is 131 cm³/mol. The molecule has 0 unspecified atom stereocenters. The molecule has 0 atom stereocenters. The Balaban J connectivity index is 1.58. The van der Waals surface area contributed by atoms with Crippen molar-refractivity contribution in [1.29, 1.82) is 0 Å². The van der Waals surface area contributed by atoms with Gasteiger partial charge in [0.1, 0.15) is 12.7 Å². The molecule has 3 aromatic rings. The summed E-state index contributed by atoms with van der Waals surface area (Å²) in [4.78, 5) is 31.5. The number of fused-ring (bicyclic) bond motifs is 1. The van der Waals surface area contributed by atoms with Crippen molar-refractivity contribution in [3.63, 3.8) is 0 Å². The molecule has 1 aromatic heterocycles.